The third-order valence-electron chi connectivity index (χ3n) is 12.0. The van der Waals surface area contributed by atoms with E-state index in [9.17, 15) is 0 Å². The van der Waals surface area contributed by atoms with Crippen molar-refractivity contribution in [1.29, 1.82) is 0 Å². The quantitative estimate of drug-likeness (QED) is 0.174. The molecule has 0 radical (unpaired) electrons. The van der Waals surface area contributed by atoms with E-state index in [2.05, 4.69) is 132 Å². The fourth-order valence-corrected chi connectivity index (χ4v) is 9.21. The topological polar surface area (TPSA) is 69.9 Å². The minimum Gasteiger partial charge on any atom is -0.456 e. The molecule has 0 amide bonds. The zero-order chi connectivity index (χ0) is 40.0. The van der Waals surface area contributed by atoms with Crippen LogP contribution >= 0.6 is 0 Å². The van der Waals surface area contributed by atoms with Crippen LogP contribution in [0.25, 0.3) is 127 Å². The summed E-state index contributed by atoms with van der Waals surface area (Å²) in [4.78, 5) is 15.7. The van der Waals surface area contributed by atoms with Gasteiger partial charge in [-0.2, -0.15) is 0 Å². The zero-order valence-electron chi connectivity index (χ0n) is 32.6. The van der Waals surface area contributed by atoms with Gasteiger partial charge in [-0.05, 0) is 52.9 Å². The van der Waals surface area contributed by atoms with Crippen LogP contribution in [0.2, 0.25) is 0 Å². The summed E-state index contributed by atoms with van der Waals surface area (Å²) >= 11 is 0. The summed E-state index contributed by atoms with van der Waals surface area (Å²) in [5.41, 5.74) is 11.2. The summed E-state index contributed by atoms with van der Waals surface area (Å²) in [7, 11) is 0. The Labute approximate surface area is 348 Å². The minimum absolute atomic E-state index is 0.544. The number of aromatic nitrogens is 4. The first-order valence-electron chi connectivity index (χ1n) is 20.4. The van der Waals surface area contributed by atoms with Gasteiger partial charge in [0.1, 0.15) is 22.3 Å². The average molecular weight is 781 g/mol. The molecule has 0 saturated carbocycles. The predicted octanol–water partition coefficient (Wildman–Crippen LogP) is 14.6. The van der Waals surface area contributed by atoms with E-state index in [0.29, 0.717) is 17.5 Å². The third kappa shape index (κ3) is 5.26. The third-order valence-corrected chi connectivity index (χ3v) is 12.0. The number of hydrogen-bond acceptors (Lipinski definition) is 5. The van der Waals surface area contributed by atoms with Crippen LogP contribution < -0.4 is 0 Å². The highest BCUT2D eigenvalue weighted by molar-refractivity contribution is 6.20. The largest absolute Gasteiger partial charge is 0.456 e. The summed E-state index contributed by atoms with van der Waals surface area (Å²) in [6, 6.07) is 67.5. The van der Waals surface area contributed by atoms with Crippen molar-refractivity contribution >= 4 is 76.5 Å². The molecule has 0 atom stereocenters. The van der Waals surface area contributed by atoms with E-state index < -0.39 is 0 Å². The second-order valence-corrected chi connectivity index (χ2v) is 15.6. The van der Waals surface area contributed by atoms with Crippen molar-refractivity contribution in [3.8, 4) is 51.0 Å². The van der Waals surface area contributed by atoms with Crippen LogP contribution in [0.4, 0.5) is 0 Å². The van der Waals surface area contributed by atoms with E-state index in [4.69, 9.17) is 23.8 Å². The van der Waals surface area contributed by atoms with Crippen molar-refractivity contribution in [3.63, 3.8) is 0 Å². The maximum Gasteiger partial charge on any atom is 0.164 e. The SMILES string of the molecule is c1ccc(-c2ccc3c4ccc5ccccc5c4n(-c4cc(-c5nc(-c6ccccc6)nc(-c6ccc7c(c6)oc6ccccc67)n5)c5c(c4)oc4ccccc45)c3c2)cc1. The molecular weight excluding hydrogens is 749 g/mol. The molecule has 0 saturated heterocycles. The first kappa shape index (κ1) is 33.6. The second kappa shape index (κ2) is 13.1. The van der Waals surface area contributed by atoms with Gasteiger partial charge in [0.2, 0.25) is 0 Å². The van der Waals surface area contributed by atoms with Crippen LogP contribution in [0.15, 0.2) is 203 Å². The Morgan fingerprint density at radius 1 is 0.344 bits per heavy atom. The Kier molecular flexibility index (Phi) is 7.21. The van der Waals surface area contributed by atoms with Crippen LogP contribution in [-0.4, -0.2) is 19.5 Å². The number of benzene rings is 9. The van der Waals surface area contributed by atoms with Gasteiger partial charge in [-0.15, -0.1) is 0 Å². The molecule has 0 aliphatic heterocycles. The minimum atomic E-state index is 0.544. The van der Waals surface area contributed by atoms with Crippen molar-refractivity contribution in [2.24, 2.45) is 0 Å². The monoisotopic (exact) mass is 780 g/mol. The van der Waals surface area contributed by atoms with Gasteiger partial charge in [0.15, 0.2) is 17.5 Å². The summed E-state index contributed by atoms with van der Waals surface area (Å²) in [5.74, 6) is 1.67. The molecule has 61 heavy (non-hydrogen) atoms. The van der Waals surface area contributed by atoms with Gasteiger partial charge < -0.3 is 13.4 Å². The Hall–Kier alpha value is -8.35. The number of rotatable bonds is 5. The van der Waals surface area contributed by atoms with Crippen molar-refractivity contribution in [2.45, 2.75) is 0 Å². The molecule has 6 nitrogen and oxygen atoms in total. The molecule has 4 aromatic heterocycles. The van der Waals surface area contributed by atoms with Crippen molar-refractivity contribution in [2.75, 3.05) is 0 Å². The lowest BCUT2D eigenvalue weighted by molar-refractivity contribution is 0.668. The number of hydrogen-bond donors (Lipinski definition) is 0. The molecule has 0 aliphatic rings. The summed E-state index contributed by atoms with van der Waals surface area (Å²) in [6.07, 6.45) is 0. The highest BCUT2D eigenvalue weighted by Crippen LogP contribution is 2.43. The first-order chi connectivity index (χ1) is 30.2. The maximum absolute atomic E-state index is 6.77. The number of fused-ring (bicyclic) bond motifs is 11. The summed E-state index contributed by atoms with van der Waals surface area (Å²) in [6.45, 7) is 0. The van der Waals surface area contributed by atoms with Crippen molar-refractivity contribution in [3.05, 3.63) is 194 Å². The van der Waals surface area contributed by atoms with E-state index >= 15 is 0 Å². The lowest BCUT2D eigenvalue weighted by Crippen LogP contribution is -2.02. The molecule has 4 heterocycles. The van der Waals surface area contributed by atoms with Gasteiger partial charge in [-0.3, -0.25) is 0 Å². The maximum atomic E-state index is 6.77. The molecule has 0 spiro atoms. The lowest BCUT2D eigenvalue weighted by Gasteiger charge is -2.14. The van der Waals surface area contributed by atoms with E-state index in [1.54, 1.807) is 0 Å². The van der Waals surface area contributed by atoms with Crippen molar-refractivity contribution in [1.82, 2.24) is 19.5 Å². The molecular formula is C55H32N4O2. The van der Waals surface area contributed by atoms with Gasteiger partial charge in [0, 0.05) is 60.5 Å². The zero-order valence-corrected chi connectivity index (χ0v) is 32.6. The van der Waals surface area contributed by atoms with Gasteiger partial charge in [0.05, 0.1) is 16.7 Å². The standard InChI is InChI=1S/C55H32N4O2/c1-3-13-33(14-4-1)36-24-26-40-43-28-23-34-15-7-8-18-39(34)52(43)59(46(40)29-36)38-31-45(51-44-20-10-12-22-48(44)61-50(51)32-38)55-57-53(35-16-5-2-6-17-35)56-54(58-55)37-25-27-42-41-19-9-11-21-47(41)60-49(42)30-37/h1-32H. The first-order valence-corrected chi connectivity index (χ1v) is 20.4. The molecule has 6 heteroatoms. The molecule has 0 bridgehead atoms. The Morgan fingerprint density at radius 3 is 1.75 bits per heavy atom. The normalized spacial score (nSPS) is 11.9. The van der Waals surface area contributed by atoms with E-state index in [1.165, 1.54) is 21.5 Å². The van der Waals surface area contributed by atoms with Gasteiger partial charge in [-0.25, -0.2) is 15.0 Å². The molecule has 0 aliphatic carbocycles. The molecule has 13 aromatic rings. The molecule has 13 rings (SSSR count). The second-order valence-electron chi connectivity index (χ2n) is 15.6. The van der Waals surface area contributed by atoms with Crippen LogP contribution in [0, 0.1) is 0 Å². The van der Waals surface area contributed by atoms with Gasteiger partial charge in [-0.1, -0.05) is 152 Å². The van der Waals surface area contributed by atoms with E-state index in [0.717, 1.165) is 88.4 Å². The molecule has 0 N–H and O–H groups in total. The number of nitrogens with zero attached hydrogens (tertiary/aromatic N) is 4. The summed E-state index contributed by atoms with van der Waals surface area (Å²) in [5, 5.41) is 8.73. The number of furan rings is 2. The number of para-hydroxylation sites is 2. The molecule has 284 valence electrons. The molecule has 9 aromatic carbocycles. The highest BCUT2D eigenvalue weighted by atomic mass is 16.3. The Bertz CT molecular complexity index is 3880. The highest BCUT2D eigenvalue weighted by Gasteiger charge is 2.23. The fourth-order valence-electron chi connectivity index (χ4n) is 9.21. The molecule has 0 fully saturated rings. The van der Waals surface area contributed by atoms with Gasteiger partial charge in [0.25, 0.3) is 0 Å². The fraction of sp³-hybridized carbons (Fsp3) is 0. The van der Waals surface area contributed by atoms with Crippen LogP contribution in [-0.2, 0) is 0 Å². The average Bonchev–Trinajstić information content (AvgIpc) is 4.01. The van der Waals surface area contributed by atoms with Crippen LogP contribution in [0.1, 0.15) is 0 Å². The smallest absolute Gasteiger partial charge is 0.164 e. The van der Waals surface area contributed by atoms with Crippen LogP contribution in [0.5, 0.6) is 0 Å². The van der Waals surface area contributed by atoms with Crippen molar-refractivity contribution < 1.29 is 8.83 Å². The summed E-state index contributed by atoms with van der Waals surface area (Å²) < 4.78 is 15.5. The van der Waals surface area contributed by atoms with E-state index in [-0.39, 0.29) is 0 Å². The lowest BCUT2D eigenvalue weighted by atomic mass is 10.0. The van der Waals surface area contributed by atoms with Crippen LogP contribution in [0.3, 0.4) is 0 Å². The van der Waals surface area contributed by atoms with E-state index in [1.807, 2.05) is 66.7 Å². The Balaban J connectivity index is 1.12. The van der Waals surface area contributed by atoms with Gasteiger partial charge >= 0.3 is 0 Å². The molecule has 0 unspecified atom stereocenters. The predicted molar refractivity (Wildman–Crippen MR) is 248 cm³/mol. The Morgan fingerprint density at radius 2 is 0.934 bits per heavy atom.